The Balaban J connectivity index is 1.33. The van der Waals surface area contributed by atoms with E-state index in [4.69, 9.17) is 9.47 Å². The summed E-state index contributed by atoms with van der Waals surface area (Å²) in [6, 6.07) is 3.57. The number of epoxide rings is 1. The molecule has 1 aliphatic carbocycles. The highest BCUT2D eigenvalue weighted by Gasteiger charge is 2.50. The van der Waals surface area contributed by atoms with Gasteiger partial charge in [-0.1, -0.05) is 44.7 Å². The minimum Gasteiger partial charge on any atom is -0.378 e. The van der Waals surface area contributed by atoms with Gasteiger partial charge >= 0.3 is 0 Å². The summed E-state index contributed by atoms with van der Waals surface area (Å²) < 4.78 is 38.3. The van der Waals surface area contributed by atoms with Crippen LogP contribution >= 0.6 is 0 Å². The smallest absolute Gasteiger partial charge is 0.240 e. The zero-order valence-corrected chi connectivity index (χ0v) is 26.5. The van der Waals surface area contributed by atoms with E-state index in [1.165, 1.54) is 6.07 Å². The van der Waals surface area contributed by atoms with Gasteiger partial charge in [-0.05, 0) is 49.3 Å². The number of carbonyl (C=O) groups is 4. The molecule has 242 valence electrons. The molecule has 4 aliphatic rings. The van der Waals surface area contributed by atoms with Gasteiger partial charge in [0.15, 0.2) is 17.3 Å². The van der Waals surface area contributed by atoms with Crippen LogP contribution in [0.1, 0.15) is 69.9 Å². The van der Waals surface area contributed by atoms with E-state index in [0.717, 1.165) is 25.7 Å². The molecule has 0 aromatic heterocycles. The standard InChI is InChI=1S/C32H45N3O8S/c1-20(13-27(36)26-18-42-12-11-33-26)31(39)35-25(16-22-7-8-29-23(15-22)9-10-34-44(29,40)41)28(37)17-24(14-21-5-3-4-6-21)30(38)32(2)19-43-32/h7-8,15,20-21,24-26,33-34H,3-6,9-14,16-19H2,1-2H3,(H,35,39)/t20-,24-,25+,26+,32-/m1/s1. The molecular weight excluding hydrogens is 586 g/mol. The number of morpholine rings is 1. The predicted octanol–water partition coefficient (Wildman–Crippen LogP) is 1.65. The minimum atomic E-state index is -3.58. The molecule has 11 nitrogen and oxygen atoms in total. The highest BCUT2D eigenvalue weighted by molar-refractivity contribution is 7.89. The molecule has 3 N–H and O–H groups in total. The summed E-state index contributed by atoms with van der Waals surface area (Å²) >= 11 is 0. The van der Waals surface area contributed by atoms with E-state index in [2.05, 4.69) is 15.4 Å². The summed E-state index contributed by atoms with van der Waals surface area (Å²) in [6.07, 6.45) is 5.57. The van der Waals surface area contributed by atoms with E-state index in [0.29, 0.717) is 49.6 Å². The molecular formula is C32H45N3O8S. The first-order valence-corrected chi connectivity index (χ1v) is 17.4. The number of sulfonamides is 1. The van der Waals surface area contributed by atoms with Crippen molar-refractivity contribution < 1.29 is 37.1 Å². The first kappa shape index (κ1) is 32.9. The number of nitrogens with one attached hydrogen (secondary N) is 3. The summed E-state index contributed by atoms with van der Waals surface area (Å²) in [5.41, 5.74) is 0.516. The number of hydrogen-bond donors (Lipinski definition) is 3. The molecule has 44 heavy (non-hydrogen) atoms. The van der Waals surface area contributed by atoms with Crippen molar-refractivity contribution in [3.05, 3.63) is 29.3 Å². The maximum absolute atomic E-state index is 14.0. The van der Waals surface area contributed by atoms with Gasteiger partial charge < -0.3 is 20.1 Å². The molecule has 3 heterocycles. The zero-order chi connectivity index (χ0) is 31.5. The highest BCUT2D eigenvalue weighted by Crippen LogP contribution is 2.37. The average Bonchev–Trinajstić information content (AvgIpc) is 3.54. The minimum absolute atomic E-state index is 0.00401. The monoisotopic (exact) mass is 631 g/mol. The summed E-state index contributed by atoms with van der Waals surface area (Å²) in [4.78, 5) is 53.9. The van der Waals surface area contributed by atoms with Crippen LogP contribution in [-0.4, -0.2) is 82.3 Å². The van der Waals surface area contributed by atoms with Gasteiger partial charge in [0.25, 0.3) is 0 Å². The van der Waals surface area contributed by atoms with E-state index in [9.17, 15) is 27.6 Å². The van der Waals surface area contributed by atoms with Crippen LogP contribution in [0.3, 0.4) is 0 Å². The van der Waals surface area contributed by atoms with Crippen LogP contribution in [0, 0.1) is 17.8 Å². The SMILES string of the molecule is C[C@H](CC(=O)[C@@H]1COCCN1)C(=O)N[C@@H](Cc1ccc2c(c1)CCNS2(=O)=O)C(=O)C[C@@H](CC1CCCC1)C(=O)[C@@]1(C)CO1. The summed E-state index contributed by atoms with van der Waals surface area (Å²) in [7, 11) is -3.58. The Morgan fingerprint density at radius 3 is 2.55 bits per heavy atom. The van der Waals surface area contributed by atoms with E-state index in [1.54, 1.807) is 26.0 Å². The largest absolute Gasteiger partial charge is 0.378 e. The molecule has 3 fully saturated rings. The Kier molecular flexibility index (Phi) is 10.4. The van der Waals surface area contributed by atoms with E-state index < -0.39 is 45.5 Å². The Morgan fingerprint density at radius 1 is 1.11 bits per heavy atom. The number of ether oxygens (including phenoxy) is 2. The van der Waals surface area contributed by atoms with Crippen molar-refractivity contribution in [3.63, 3.8) is 0 Å². The van der Waals surface area contributed by atoms with Gasteiger partial charge in [-0.15, -0.1) is 0 Å². The third-order valence-electron chi connectivity index (χ3n) is 9.52. The van der Waals surface area contributed by atoms with Gasteiger partial charge in [0.1, 0.15) is 5.60 Å². The fourth-order valence-corrected chi connectivity index (χ4v) is 8.00. The highest BCUT2D eigenvalue weighted by atomic mass is 32.2. The van der Waals surface area contributed by atoms with Gasteiger partial charge in [-0.25, -0.2) is 13.1 Å². The van der Waals surface area contributed by atoms with Crippen molar-refractivity contribution in [2.45, 2.75) is 94.2 Å². The third-order valence-corrected chi connectivity index (χ3v) is 11.1. The van der Waals surface area contributed by atoms with Crippen LogP contribution in [0.4, 0.5) is 0 Å². The van der Waals surface area contributed by atoms with Crippen molar-refractivity contribution in [2.24, 2.45) is 17.8 Å². The van der Waals surface area contributed by atoms with Crippen molar-refractivity contribution in [1.82, 2.24) is 15.4 Å². The molecule has 1 amide bonds. The second-order valence-electron chi connectivity index (χ2n) is 13.1. The Morgan fingerprint density at radius 2 is 1.86 bits per heavy atom. The predicted molar refractivity (Wildman–Crippen MR) is 161 cm³/mol. The molecule has 5 atom stereocenters. The van der Waals surface area contributed by atoms with Crippen LogP contribution in [0.5, 0.6) is 0 Å². The van der Waals surface area contributed by atoms with E-state index in [1.807, 2.05) is 0 Å². The lowest BCUT2D eigenvalue weighted by molar-refractivity contribution is -0.135. The quantitative estimate of drug-likeness (QED) is 0.260. The average molecular weight is 632 g/mol. The second-order valence-corrected chi connectivity index (χ2v) is 14.9. The van der Waals surface area contributed by atoms with Gasteiger partial charge in [-0.2, -0.15) is 0 Å². The van der Waals surface area contributed by atoms with Crippen molar-refractivity contribution in [3.8, 4) is 0 Å². The first-order valence-electron chi connectivity index (χ1n) is 15.9. The van der Waals surface area contributed by atoms with E-state index >= 15 is 0 Å². The molecule has 1 aromatic carbocycles. The summed E-state index contributed by atoms with van der Waals surface area (Å²) in [6.45, 7) is 5.42. The fourth-order valence-electron chi connectivity index (χ4n) is 6.72. The number of Topliss-reactive ketones (excluding diaryl/α,β-unsaturated/α-hetero) is 3. The number of carbonyl (C=O) groups excluding carboxylic acids is 4. The van der Waals surface area contributed by atoms with Gasteiger partial charge in [-0.3, -0.25) is 19.2 Å². The van der Waals surface area contributed by atoms with E-state index in [-0.39, 0.29) is 54.7 Å². The van der Waals surface area contributed by atoms with Gasteiger partial charge in [0.2, 0.25) is 15.9 Å². The Labute approximate surface area is 259 Å². The van der Waals surface area contributed by atoms with Gasteiger partial charge in [0, 0.05) is 37.8 Å². The summed E-state index contributed by atoms with van der Waals surface area (Å²) in [5, 5.41) is 6.01. The molecule has 12 heteroatoms. The normalized spacial score (nSPS) is 26.6. The molecule has 0 bridgehead atoms. The second kappa shape index (κ2) is 13.9. The number of ketones is 3. The third kappa shape index (κ3) is 8.00. The Hall–Kier alpha value is -2.51. The molecule has 2 saturated heterocycles. The van der Waals surface area contributed by atoms with Crippen molar-refractivity contribution >= 4 is 33.3 Å². The molecule has 1 aromatic rings. The van der Waals surface area contributed by atoms with Crippen LogP contribution in [0.15, 0.2) is 23.1 Å². The topological polar surface area (TPSA) is 160 Å². The number of amides is 1. The molecule has 0 unspecified atom stereocenters. The fraction of sp³-hybridized carbons (Fsp3) is 0.688. The molecule has 0 spiro atoms. The molecule has 1 saturated carbocycles. The maximum Gasteiger partial charge on any atom is 0.240 e. The lowest BCUT2D eigenvalue weighted by Gasteiger charge is -2.26. The van der Waals surface area contributed by atoms with Crippen molar-refractivity contribution in [2.75, 3.05) is 32.9 Å². The number of hydrogen-bond acceptors (Lipinski definition) is 9. The van der Waals surface area contributed by atoms with Crippen LogP contribution in [0.2, 0.25) is 0 Å². The zero-order valence-electron chi connectivity index (χ0n) is 25.7. The molecule has 0 radical (unpaired) electrons. The Bertz CT molecular complexity index is 1360. The van der Waals surface area contributed by atoms with Crippen LogP contribution in [-0.2, 0) is 51.5 Å². The first-order chi connectivity index (χ1) is 20.9. The molecule has 5 rings (SSSR count). The molecule has 3 aliphatic heterocycles. The maximum atomic E-state index is 14.0. The number of benzene rings is 1. The van der Waals surface area contributed by atoms with Crippen molar-refractivity contribution in [1.29, 1.82) is 0 Å². The van der Waals surface area contributed by atoms with Crippen LogP contribution < -0.4 is 15.4 Å². The van der Waals surface area contributed by atoms with Gasteiger partial charge in [0.05, 0.1) is 36.8 Å². The number of fused-ring (bicyclic) bond motifs is 1. The lowest BCUT2D eigenvalue weighted by Crippen LogP contribution is -2.49. The number of rotatable bonds is 14. The lowest BCUT2D eigenvalue weighted by atomic mass is 9.81. The van der Waals surface area contributed by atoms with Crippen LogP contribution in [0.25, 0.3) is 0 Å². The summed E-state index contributed by atoms with van der Waals surface area (Å²) in [5.74, 6) is -1.67.